The zero-order chi connectivity index (χ0) is 9.78. The Morgan fingerprint density at radius 3 is 2.58 bits per heavy atom. The Morgan fingerprint density at radius 1 is 1.75 bits per heavy atom. The van der Waals surface area contributed by atoms with Crippen molar-refractivity contribution < 1.29 is 14.6 Å². The number of alkyl carbamates (subject to hydrolysis) is 1. The van der Waals surface area contributed by atoms with Crippen LogP contribution in [0.3, 0.4) is 0 Å². The maximum Gasteiger partial charge on any atom is 0.410 e. The van der Waals surface area contributed by atoms with Crippen LogP contribution in [0.25, 0.3) is 0 Å². The van der Waals surface area contributed by atoms with Crippen LogP contribution < -0.4 is 5.32 Å². The fraction of sp³-hybridized carbons (Fsp3) is 0.800. The predicted molar refractivity (Wildman–Crippen MR) is 46.5 cm³/mol. The van der Waals surface area contributed by atoms with Crippen LogP contribution in [0.15, 0.2) is 0 Å². The number of aliphatic hydroxyl groups is 1. The van der Waals surface area contributed by atoms with Crippen LogP contribution >= 0.6 is 34.8 Å². The van der Waals surface area contributed by atoms with Crippen LogP contribution in [0.5, 0.6) is 0 Å². The van der Waals surface area contributed by atoms with Gasteiger partial charge in [0.1, 0.15) is 0 Å². The number of hydrogen-bond donors (Lipinski definition) is 2. The standard InChI is InChI=1S/C5H8Cl3NO3/c1-2-12-4(10)9-5(8,11)3(6)7/h3,11H,2H2,1H3,(H,9,10). The molecule has 0 rings (SSSR count). The number of carbonyl (C=O) groups excluding carboxylic acids is 1. The molecule has 0 spiro atoms. The molecule has 0 heterocycles. The van der Waals surface area contributed by atoms with Crippen LogP contribution in [-0.2, 0) is 4.74 Å². The van der Waals surface area contributed by atoms with Crippen LogP contribution in [0.2, 0.25) is 0 Å². The molecule has 0 bridgehead atoms. The lowest BCUT2D eigenvalue weighted by atomic mass is 10.6. The summed E-state index contributed by atoms with van der Waals surface area (Å²) in [7, 11) is 0. The van der Waals surface area contributed by atoms with Gasteiger partial charge < -0.3 is 9.84 Å². The van der Waals surface area contributed by atoms with Crippen molar-refractivity contribution >= 4 is 40.9 Å². The van der Waals surface area contributed by atoms with E-state index in [1.54, 1.807) is 6.92 Å². The number of hydrogen-bond acceptors (Lipinski definition) is 3. The number of ether oxygens (including phenoxy) is 1. The lowest BCUT2D eigenvalue weighted by Crippen LogP contribution is -2.48. The number of amides is 1. The molecule has 0 aromatic carbocycles. The van der Waals surface area contributed by atoms with Gasteiger partial charge in [0.15, 0.2) is 4.84 Å². The Hall–Kier alpha value is 0.1000. The Morgan fingerprint density at radius 2 is 2.25 bits per heavy atom. The summed E-state index contributed by atoms with van der Waals surface area (Å²) < 4.78 is 4.42. The van der Waals surface area contributed by atoms with Gasteiger partial charge in [-0.15, -0.1) is 0 Å². The molecule has 0 saturated carbocycles. The van der Waals surface area contributed by atoms with Gasteiger partial charge in [-0.1, -0.05) is 34.8 Å². The molecule has 0 aliphatic carbocycles. The number of carbonyl (C=O) groups is 1. The maximum atomic E-state index is 10.7. The van der Waals surface area contributed by atoms with Crippen LogP contribution in [0, 0.1) is 0 Å². The molecular formula is C5H8Cl3NO3. The summed E-state index contributed by atoms with van der Waals surface area (Å²) in [5.41, 5.74) is 0. The van der Waals surface area contributed by atoms with Crippen molar-refractivity contribution in [1.29, 1.82) is 0 Å². The fourth-order valence-electron chi connectivity index (χ4n) is 0.365. The van der Waals surface area contributed by atoms with Crippen molar-refractivity contribution in [2.45, 2.75) is 16.9 Å². The van der Waals surface area contributed by atoms with E-state index in [1.165, 1.54) is 0 Å². The summed E-state index contributed by atoms with van der Waals surface area (Å²) in [4.78, 5) is 9.32. The van der Waals surface area contributed by atoms with Gasteiger partial charge in [-0.2, -0.15) is 0 Å². The molecule has 12 heavy (non-hydrogen) atoms. The average molecular weight is 236 g/mol. The second-order valence-corrected chi connectivity index (χ2v) is 3.49. The minimum Gasteiger partial charge on any atom is -0.450 e. The number of rotatable bonds is 3. The quantitative estimate of drug-likeness (QED) is 0.443. The van der Waals surface area contributed by atoms with Crippen molar-refractivity contribution in [2.75, 3.05) is 6.61 Å². The van der Waals surface area contributed by atoms with Crippen molar-refractivity contribution in [2.24, 2.45) is 0 Å². The number of nitrogens with one attached hydrogen (secondary N) is 1. The highest BCUT2D eigenvalue weighted by molar-refractivity contribution is 6.49. The van der Waals surface area contributed by atoms with Gasteiger partial charge in [0.25, 0.3) is 0 Å². The molecule has 4 nitrogen and oxygen atoms in total. The summed E-state index contributed by atoms with van der Waals surface area (Å²) in [6.45, 7) is 1.76. The molecule has 7 heteroatoms. The summed E-state index contributed by atoms with van der Waals surface area (Å²) in [6, 6.07) is 0. The Bertz CT molecular complexity index is 162. The summed E-state index contributed by atoms with van der Waals surface area (Å²) in [6.07, 6.45) is -0.888. The fourth-order valence-corrected chi connectivity index (χ4v) is 0.551. The topological polar surface area (TPSA) is 58.6 Å². The van der Waals surface area contributed by atoms with Crippen LogP contribution in [0.1, 0.15) is 6.92 Å². The highest BCUT2D eigenvalue weighted by Crippen LogP contribution is 2.21. The van der Waals surface area contributed by atoms with Gasteiger partial charge in [-0.25, -0.2) is 4.79 Å². The van der Waals surface area contributed by atoms with E-state index in [2.05, 4.69) is 4.74 Å². The van der Waals surface area contributed by atoms with E-state index in [0.29, 0.717) is 0 Å². The third kappa shape index (κ3) is 4.21. The van der Waals surface area contributed by atoms with Gasteiger partial charge in [0.2, 0.25) is 5.18 Å². The van der Waals surface area contributed by atoms with Crippen molar-refractivity contribution in [3.8, 4) is 0 Å². The minimum atomic E-state index is -2.20. The Balaban J connectivity index is 3.97. The van der Waals surface area contributed by atoms with Crippen molar-refractivity contribution in [1.82, 2.24) is 5.32 Å². The lowest BCUT2D eigenvalue weighted by molar-refractivity contribution is 0.0827. The van der Waals surface area contributed by atoms with E-state index < -0.39 is 16.1 Å². The molecule has 0 aliphatic rings. The smallest absolute Gasteiger partial charge is 0.410 e. The summed E-state index contributed by atoms with van der Waals surface area (Å²) in [5, 5.41) is 8.73. The summed E-state index contributed by atoms with van der Waals surface area (Å²) in [5.74, 6) is 0. The molecule has 0 aromatic heterocycles. The highest BCUT2D eigenvalue weighted by atomic mass is 35.5. The number of alkyl halides is 3. The molecule has 0 radical (unpaired) electrons. The summed E-state index contributed by atoms with van der Waals surface area (Å²) >= 11 is 15.7. The third-order valence-corrected chi connectivity index (χ3v) is 2.01. The van der Waals surface area contributed by atoms with Gasteiger partial charge in [-0.05, 0) is 6.92 Å². The van der Waals surface area contributed by atoms with Gasteiger partial charge in [0, 0.05) is 0 Å². The molecule has 1 unspecified atom stereocenters. The normalized spacial score (nSPS) is 15.5. The molecule has 0 saturated heterocycles. The van der Waals surface area contributed by atoms with E-state index in [9.17, 15) is 4.79 Å². The van der Waals surface area contributed by atoms with Gasteiger partial charge >= 0.3 is 6.09 Å². The largest absolute Gasteiger partial charge is 0.450 e. The molecule has 72 valence electrons. The second kappa shape index (κ2) is 4.97. The van der Waals surface area contributed by atoms with E-state index in [0.717, 1.165) is 0 Å². The van der Waals surface area contributed by atoms with Crippen LogP contribution in [-0.4, -0.2) is 27.8 Å². The van der Waals surface area contributed by atoms with Crippen molar-refractivity contribution in [3.05, 3.63) is 0 Å². The molecule has 0 fully saturated rings. The zero-order valence-electron chi connectivity index (χ0n) is 6.18. The molecule has 1 atom stereocenters. The number of halogens is 3. The average Bonchev–Trinajstić information content (AvgIpc) is 1.85. The SMILES string of the molecule is CCOC(=O)NC(O)(Cl)C(Cl)Cl. The third-order valence-electron chi connectivity index (χ3n) is 0.842. The van der Waals surface area contributed by atoms with Gasteiger partial charge in [0.05, 0.1) is 6.61 Å². The van der Waals surface area contributed by atoms with Crippen molar-refractivity contribution in [3.63, 3.8) is 0 Å². The lowest BCUT2D eigenvalue weighted by Gasteiger charge is -2.21. The first kappa shape index (κ1) is 12.1. The molecule has 0 aliphatic heterocycles. The monoisotopic (exact) mass is 235 g/mol. The van der Waals surface area contributed by atoms with E-state index in [1.807, 2.05) is 5.32 Å². The zero-order valence-corrected chi connectivity index (χ0v) is 8.45. The molecule has 0 aromatic rings. The Kier molecular flexibility index (Phi) is 5.01. The Labute approximate surface area is 84.7 Å². The second-order valence-electron chi connectivity index (χ2n) is 1.82. The molecule has 2 N–H and O–H groups in total. The molecular weight excluding hydrogens is 228 g/mol. The van der Waals surface area contributed by atoms with E-state index in [4.69, 9.17) is 39.9 Å². The minimum absolute atomic E-state index is 0.161. The van der Waals surface area contributed by atoms with E-state index >= 15 is 0 Å². The first-order valence-corrected chi connectivity index (χ1v) is 4.29. The maximum absolute atomic E-state index is 10.7. The van der Waals surface area contributed by atoms with Gasteiger partial charge in [-0.3, -0.25) is 5.32 Å². The van der Waals surface area contributed by atoms with Crippen LogP contribution in [0.4, 0.5) is 4.79 Å². The first-order valence-electron chi connectivity index (χ1n) is 3.04. The van der Waals surface area contributed by atoms with E-state index in [-0.39, 0.29) is 6.61 Å². The first-order chi connectivity index (χ1) is 5.40. The predicted octanol–water partition coefficient (Wildman–Crippen LogP) is 1.42. The highest BCUT2D eigenvalue weighted by Gasteiger charge is 2.34. The molecule has 1 amide bonds.